The summed E-state index contributed by atoms with van der Waals surface area (Å²) in [6.07, 6.45) is 0. The molecule has 0 aliphatic heterocycles. The number of nitrogens with zero attached hydrogens (tertiary/aromatic N) is 1. The third-order valence-electron chi connectivity index (χ3n) is 2.97. The molecule has 1 unspecified atom stereocenters. The van der Waals surface area contributed by atoms with Crippen molar-refractivity contribution in [3.8, 4) is 0 Å². The van der Waals surface area contributed by atoms with Gasteiger partial charge in [-0.15, -0.1) is 0 Å². The molecule has 1 rings (SSSR count). The predicted molar refractivity (Wildman–Crippen MR) is 73.7 cm³/mol. The van der Waals surface area contributed by atoms with Crippen molar-refractivity contribution in [1.29, 1.82) is 0 Å². The molecular weight excluding hydrogens is 284 g/mol. The maximum Gasteiger partial charge on any atom is 0.337 e. The summed E-state index contributed by atoms with van der Waals surface area (Å²) in [6.45, 7) is 1.26. The number of aliphatic hydroxyl groups is 1. The summed E-state index contributed by atoms with van der Waals surface area (Å²) in [5.41, 5.74) is 5.82. The van der Waals surface area contributed by atoms with E-state index < -0.39 is 22.0 Å². The van der Waals surface area contributed by atoms with Gasteiger partial charge in [0.2, 0.25) is 10.0 Å². The number of hydrogen-bond donors (Lipinski definition) is 2. The highest BCUT2D eigenvalue weighted by Crippen LogP contribution is 2.24. The van der Waals surface area contributed by atoms with E-state index in [2.05, 4.69) is 4.74 Å². The van der Waals surface area contributed by atoms with Crippen molar-refractivity contribution < 1.29 is 23.1 Å². The number of nitrogen functional groups attached to an aromatic ring is 1. The van der Waals surface area contributed by atoms with Gasteiger partial charge in [-0.25, -0.2) is 13.2 Å². The second kappa shape index (κ2) is 6.21. The maximum atomic E-state index is 12.3. The molecule has 0 saturated carbocycles. The topological polar surface area (TPSA) is 110 Å². The van der Waals surface area contributed by atoms with Crippen molar-refractivity contribution >= 4 is 21.7 Å². The van der Waals surface area contributed by atoms with E-state index in [0.717, 1.165) is 4.31 Å². The number of likely N-dealkylation sites (N-methyl/N-ethyl adjacent to an activating group) is 1. The number of nitrogens with two attached hydrogens (primary N) is 1. The molecule has 0 radical (unpaired) electrons. The number of aliphatic hydroxyl groups excluding tert-OH is 1. The zero-order valence-corrected chi connectivity index (χ0v) is 12.3. The summed E-state index contributed by atoms with van der Waals surface area (Å²) in [7, 11) is -1.26. The Labute approximate surface area is 118 Å². The van der Waals surface area contributed by atoms with Gasteiger partial charge in [0, 0.05) is 13.1 Å². The summed E-state index contributed by atoms with van der Waals surface area (Å²) in [6, 6.07) is 3.24. The molecule has 0 heterocycles. The quantitative estimate of drug-likeness (QED) is 0.588. The van der Waals surface area contributed by atoms with E-state index in [9.17, 15) is 13.2 Å². The zero-order valence-electron chi connectivity index (χ0n) is 11.5. The molecule has 1 aromatic carbocycles. The van der Waals surface area contributed by atoms with Crippen LogP contribution in [-0.2, 0) is 14.8 Å². The van der Waals surface area contributed by atoms with Gasteiger partial charge in [0.1, 0.15) is 4.90 Å². The number of anilines is 1. The van der Waals surface area contributed by atoms with E-state index in [4.69, 9.17) is 10.8 Å². The van der Waals surface area contributed by atoms with Crippen LogP contribution in [0.25, 0.3) is 0 Å². The SMILES string of the molecule is COC(=O)c1ccc(S(=O)(=O)N(C)C(C)CO)c(N)c1. The molecule has 0 aromatic heterocycles. The Kier molecular flexibility index (Phi) is 5.09. The molecule has 0 amide bonds. The van der Waals surface area contributed by atoms with E-state index in [1.165, 1.54) is 32.4 Å². The largest absolute Gasteiger partial charge is 0.465 e. The van der Waals surface area contributed by atoms with Crippen molar-refractivity contribution in [3.05, 3.63) is 23.8 Å². The average Bonchev–Trinajstić information content (AvgIpc) is 2.44. The third kappa shape index (κ3) is 3.09. The zero-order chi connectivity index (χ0) is 15.5. The Morgan fingerprint density at radius 3 is 2.55 bits per heavy atom. The fraction of sp³-hybridized carbons (Fsp3) is 0.417. The predicted octanol–water partition coefficient (Wildman–Crippen LogP) is 0.0567. The van der Waals surface area contributed by atoms with Crippen LogP contribution in [0.2, 0.25) is 0 Å². The monoisotopic (exact) mass is 302 g/mol. The Hall–Kier alpha value is -1.64. The third-order valence-corrected chi connectivity index (χ3v) is 5.02. The van der Waals surface area contributed by atoms with Gasteiger partial charge in [0.15, 0.2) is 0 Å². The number of rotatable bonds is 5. The van der Waals surface area contributed by atoms with E-state index in [-0.39, 0.29) is 22.8 Å². The smallest absolute Gasteiger partial charge is 0.337 e. The van der Waals surface area contributed by atoms with Gasteiger partial charge in [-0.05, 0) is 25.1 Å². The number of benzene rings is 1. The summed E-state index contributed by atoms with van der Waals surface area (Å²) < 4.78 is 30.2. The molecule has 8 heteroatoms. The molecule has 0 fully saturated rings. The van der Waals surface area contributed by atoms with Crippen LogP contribution >= 0.6 is 0 Å². The van der Waals surface area contributed by atoms with Crippen molar-refractivity contribution in [2.75, 3.05) is 26.5 Å². The van der Waals surface area contributed by atoms with Crippen molar-refractivity contribution in [2.24, 2.45) is 0 Å². The van der Waals surface area contributed by atoms with E-state index in [1.807, 2.05) is 0 Å². The Morgan fingerprint density at radius 2 is 2.10 bits per heavy atom. The minimum Gasteiger partial charge on any atom is -0.465 e. The van der Waals surface area contributed by atoms with Gasteiger partial charge in [-0.2, -0.15) is 4.31 Å². The second-order valence-corrected chi connectivity index (χ2v) is 6.26. The van der Waals surface area contributed by atoms with Gasteiger partial charge in [0.25, 0.3) is 0 Å². The van der Waals surface area contributed by atoms with Crippen LogP contribution in [0.5, 0.6) is 0 Å². The molecule has 3 N–H and O–H groups in total. The molecule has 0 aliphatic rings. The van der Waals surface area contributed by atoms with Gasteiger partial charge >= 0.3 is 5.97 Å². The standard InChI is InChI=1S/C12H18N2O5S/c1-8(7-15)14(2)20(17,18)11-5-4-9(6-10(11)13)12(16)19-3/h4-6,8,15H,7,13H2,1-3H3. The van der Waals surface area contributed by atoms with Crippen LogP contribution in [-0.4, -0.2) is 50.6 Å². The first kappa shape index (κ1) is 16.4. The number of esters is 1. The number of carbonyl (C=O) groups excluding carboxylic acids is 1. The van der Waals surface area contributed by atoms with E-state index >= 15 is 0 Å². The minimum atomic E-state index is -3.83. The summed E-state index contributed by atoms with van der Waals surface area (Å²) in [4.78, 5) is 11.2. The normalized spacial score (nSPS) is 13.2. The fourth-order valence-electron chi connectivity index (χ4n) is 1.54. The Balaban J connectivity index is 3.24. The molecule has 20 heavy (non-hydrogen) atoms. The van der Waals surface area contributed by atoms with Crippen LogP contribution < -0.4 is 5.73 Å². The first-order chi connectivity index (χ1) is 9.25. The first-order valence-electron chi connectivity index (χ1n) is 5.82. The number of carbonyl (C=O) groups is 1. The van der Waals surface area contributed by atoms with Crippen molar-refractivity contribution in [2.45, 2.75) is 17.9 Å². The summed E-state index contributed by atoms with van der Waals surface area (Å²) >= 11 is 0. The Morgan fingerprint density at radius 1 is 1.50 bits per heavy atom. The lowest BCUT2D eigenvalue weighted by Crippen LogP contribution is -2.37. The highest BCUT2D eigenvalue weighted by molar-refractivity contribution is 7.89. The summed E-state index contributed by atoms with van der Waals surface area (Å²) in [5, 5.41) is 9.03. The Bertz CT molecular complexity index is 600. The molecule has 0 saturated heterocycles. The van der Waals surface area contributed by atoms with Crippen LogP contribution in [0.1, 0.15) is 17.3 Å². The maximum absolute atomic E-state index is 12.3. The molecule has 1 atom stereocenters. The van der Waals surface area contributed by atoms with Crippen LogP contribution in [0, 0.1) is 0 Å². The highest BCUT2D eigenvalue weighted by atomic mass is 32.2. The fourth-order valence-corrected chi connectivity index (χ4v) is 2.98. The highest BCUT2D eigenvalue weighted by Gasteiger charge is 2.27. The van der Waals surface area contributed by atoms with E-state index in [1.54, 1.807) is 6.92 Å². The first-order valence-corrected chi connectivity index (χ1v) is 7.26. The molecule has 7 nitrogen and oxygen atoms in total. The van der Waals surface area contributed by atoms with Gasteiger partial charge < -0.3 is 15.6 Å². The molecule has 0 bridgehead atoms. The van der Waals surface area contributed by atoms with Gasteiger partial charge in [0.05, 0.1) is 25.0 Å². The minimum absolute atomic E-state index is 0.0510. The molecule has 112 valence electrons. The van der Waals surface area contributed by atoms with Crippen molar-refractivity contribution in [3.63, 3.8) is 0 Å². The second-order valence-electron chi connectivity index (χ2n) is 4.30. The molecule has 1 aromatic rings. The van der Waals surface area contributed by atoms with Gasteiger partial charge in [-0.3, -0.25) is 0 Å². The number of hydrogen-bond acceptors (Lipinski definition) is 6. The molecular formula is C12H18N2O5S. The number of ether oxygens (including phenoxy) is 1. The molecule has 0 spiro atoms. The van der Waals surface area contributed by atoms with E-state index in [0.29, 0.717) is 0 Å². The lowest BCUT2D eigenvalue weighted by Gasteiger charge is -2.23. The summed E-state index contributed by atoms with van der Waals surface area (Å²) in [5.74, 6) is -0.599. The van der Waals surface area contributed by atoms with Crippen LogP contribution in [0.4, 0.5) is 5.69 Å². The van der Waals surface area contributed by atoms with Crippen LogP contribution in [0.15, 0.2) is 23.1 Å². The van der Waals surface area contributed by atoms with Crippen LogP contribution in [0.3, 0.4) is 0 Å². The molecule has 0 aliphatic carbocycles. The lowest BCUT2D eigenvalue weighted by atomic mass is 10.2. The van der Waals surface area contributed by atoms with Crippen molar-refractivity contribution in [1.82, 2.24) is 4.31 Å². The lowest BCUT2D eigenvalue weighted by molar-refractivity contribution is 0.0600. The number of sulfonamides is 1. The number of methoxy groups -OCH3 is 1. The average molecular weight is 302 g/mol. The van der Waals surface area contributed by atoms with Gasteiger partial charge in [-0.1, -0.05) is 0 Å².